The molecule has 1 amide bonds. The third kappa shape index (κ3) is 41.6. The molecule has 0 spiro atoms. The van der Waals surface area contributed by atoms with E-state index in [2.05, 4.69) is 43.5 Å². The molecular weight excluding hydrogens is 955 g/mol. The number of amides is 1. The number of aliphatic hydroxyl groups is 7. The van der Waals surface area contributed by atoms with Crippen molar-refractivity contribution < 1.29 is 50.0 Å². The Morgan fingerprint density at radius 3 is 1.17 bits per heavy atom. The van der Waals surface area contributed by atoms with E-state index < -0.39 is 74.2 Å². The number of carbonyl (C=O) groups excluding carboxylic acids is 1. The third-order valence-electron chi connectivity index (χ3n) is 16.0. The summed E-state index contributed by atoms with van der Waals surface area (Å²) >= 11 is 0. The Balaban J connectivity index is 2.13. The van der Waals surface area contributed by atoms with E-state index in [0.717, 1.165) is 44.9 Å². The minimum Gasteiger partial charge on any atom is -0.394 e. The molecule has 9 unspecified atom stereocenters. The second-order valence-corrected chi connectivity index (χ2v) is 23.2. The van der Waals surface area contributed by atoms with Gasteiger partial charge in [-0.3, -0.25) is 4.79 Å². The molecule has 0 aromatic heterocycles. The molecule has 11 nitrogen and oxygen atoms in total. The van der Waals surface area contributed by atoms with Gasteiger partial charge in [0.2, 0.25) is 5.91 Å². The molecular formula is C65H125NO10. The standard InChI is InChI=1S/C65H125NO10/c1-3-5-7-9-11-13-15-17-18-19-20-21-22-23-24-25-26-27-28-29-30-31-32-33-34-35-36-37-38-39-41-43-45-47-49-51-53-58(69)64(74)66-56(55-75-65-63(73)62(72)61(71)59(54-67)76-65)60(70)57(68)52-50-48-46-44-42-40-16-14-12-10-8-6-4-2/h24-25,27-28,56-63,65,67-73H,3-23,26,29-55H2,1-2H3,(H,66,74)/b25-24-,28-27-. The molecule has 450 valence electrons. The van der Waals surface area contributed by atoms with E-state index >= 15 is 0 Å². The van der Waals surface area contributed by atoms with E-state index in [4.69, 9.17) is 9.47 Å². The molecule has 1 rings (SSSR count). The Labute approximate surface area is 467 Å². The van der Waals surface area contributed by atoms with Gasteiger partial charge in [-0.1, -0.05) is 295 Å². The second-order valence-electron chi connectivity index (χ2n) is 23.2. The first kappa shape index (κ1) is 72.6. The molecule has 0 saturated carbocycles. The van der Waals surface area contributed by atoms with Crippen molar-refractivity contribution in [2.45, 2.75) is 371 Å². The molecule has 1 aliphatic heterocycles. The van der Waals surface area contributed by atoms with Crippen molar-refractivity contribution in [1.29, 1.82) is 0 Å². The van der Waals surface area contributed by atoms with Crippen LogP contribution in [0.3, 0.4) is 0 Å². The number of allylic oxidation sites excluding steroid dienone is 4. The molecule has 1 aliphatic rings. The van der Waals surface area contributed by atoms with Crippen LogP contribution in [0.15, 0.2) is 24.3 Å². The smallest absolute Gasteiger partial charge is 0.249 e. The van der Waals surface area contributed by atoms with Crippen molar-refractivity contribution in [1.82, 2.24) is 5.32 Å². The fourth-order valence-electron chi connectivity index (χ4n) is 10.7. The van der Waals surface area contributed by atoms with E-state index in [1.807, 2.05) is 0 Å². The van der Waals surface area contributed by atoms with Gasteiger partial charge in [-0.25, -0.2) is 0 Å². The average Bonchev–Trinajstić information content (AvgIpc) is 3.42. The minimum absolute atomic E-state index is 0.263. The summed E-state index contributed by atoms with van der Waals surface area (Å²) in [5, 5.41) is 76.2. The van der Waals surface area contributed by atoms with E-state index in [1.165, 1.54) is 231 Å². The highest BCUT2D eigenvalue weighted by atomic mass is 16.7. The monoisotopic (exact) mass is 1080 g/mol. The Morgan fingerprint density at radius 2 is 0.803 bits per heavy atom. The first-order valence-corrected chi connectivity index (χ1v) is 32.7. The molecule has 0 radical (unpaired) electrons. The van der Waals surface area contributed by atoms with Gasteiger partial charge in [-0.15, -0.1) is 0 Å². The third-order valence-corrected chi connectivity index (χ3v) is 16.0. The van der Waals surface area contributed by atoms with Gasteiger partial charge in [0.1, 0.15) is 36.6 Å². The topological polar surface area (TPSA) is 189 Å². The lowest BCUT2D eigenvalue weighted by Gasteiger charge is -2.40. The zero-order chi connectivity index (χ0) is 55.4. The van der Waals surface area contributed by atoms with Crippen LogP contribution in [0.5, 0.6) is 0 Å². The molecule has 1 fully saturated rings. The molecule has 9 atom stereocenters. The predicted octanol–water partition coefficient (Wildman–Crippen LogP) is 14.9. The van der Waals surface area contributed by atoms with Gasteiger partial charge >= 0.3 is 0 Å². The number of hydrogen-bond donors (Lipinski definition) is 8. The first-order chi connectivity index (χ1) is 37.2. The number of nitrogens with one attached hydrogen (secondary N) is 1. The summed E-state index contributed by atoms with van der Waals surface area (Å²) in [6.07, 6.45) is 55.6. The molecule has 0 aliphatic carbocycles. The molecule has 1 saturated heterocycles. The van der Waals surface area contributed by atoms with E-state index in [0.29, 0.717) is 19.3 Å². The van der Waals surface area contributed by atoms with Gasteiger partial charge < -0.3 is 50.5 Å². The highest BCUT2D eigenvalue weighted by Gasteiger charge is 2.44. The van der Waals surface area contributed by atoms with Crippen LogP contribution >= 0.6 is 0 Å². The maximum Gasteiger partial charge on any atom is 0.249 e. The molecule has 0 aromatic rings. The van der Waals surface area contributed by atoms with Crippen molar-refractivity contribution in [2.24, 2.45) is 0 Å². The summed E-state index contributed by atoms with van der Waals surface area (Å²) in [6, 6.07) is -1.17. The lowest BCUT2D eigenvalue weighted by molar-refractivity contribution is -0.303. The maximum absolute atomic E-state index is 13.2. The zero-order valence-corrected chi connectivity index (χ0v) is 49.5. The molecule has 0 aromatic carbocycles. The average molecular weight is 1080 g/mol. The van der Waals surface area contributed by atoms with Crippen molar-refractivity contribution in [3.05, 3.63) is 24.3 Å². The minimum atomic E-state index is -1.66. The van der Waals surface area contributed by atoms with Crippen molar-refractivity contribution in [3.8, 4) is 0 Å². The largest absolute Gasteiger partial charge is 0.394 e. The van der Waals surface area contributed by atoms with Crippen LogP contribution < -0.4 is 5.32 Å². The second kappa shape index (κ2) is 54.2. The van der Waals surface area contributed by atoms with Crippen LogP contribution in [-0.4, -0.2) is 110 Å². The summed E-state index contributed by atoms with van der Waals surface area (Å²) in [5.41, 5.74) is 0. The van der Waals surface area contributed by atoms with Gasteiger partial charge in [0.15, 0.2) is 6.29 Å². The molecule has 0 bridgehead atoms. The summed E-state index contributed by atoms with van der Waals surface area (Å²) in [4.78, 5) is 13.2. The quantitative estimate of drug-likeness (QED) is 0.0215. The van der Waals surface area contributed by atoms with Crippen molar-refractivity contribution >= 4 is 5.91 Å². The van der Waals surface area contributed by atoms with Gasteiger partial charge in [0, 0.05) is 0 Å². The summed E-state index contributed by atoms with van der Waals surface area (Å²) in [7, 11) is 0. The molecule has 1 heterocycles. The van der Waals surface area contributed by atoms with Crippen molar-refractivity contribution in [3.63, 3.8) is 0 Å². The van der Waals surface area contributed by atoms with Crippen LogP contribution in [0.25, 0.3) is 0 Å². The number of hydrogen-bond acceptors (Lipinski definition) is 10. The Morgan fingerprint density at radius 1 is 0.461 bits per heavy atom. The lowest BCUT2D eigenvalue weighted by atomic mass is 9.98. The van der Waals surface area contributed by atoms with Crippen LogP contribution in [0.2, 0.25) is 0 Å². The maximum atomic E-state index is 13.2. The highest BCUT2D eigenvalue weighted by Crippen LogP contribution is 2.24. The molecule has 76 heavy (non-hydrogen) atoms. The SMILES string of the molecule is CCCCCCCCCCCCCCC/C=C\C/C=C\CCCCCCCCCCCCCCCCCCC(O)C(=O)NC(COC1OC(CO)C(O)C(O)C1O)C(O)C(O)CCCCCCCCCCCCCCC. The Bertz CT molecular complexity index is 1280. The van der Waals surface area contributed by atoms with E-state index in [1.54, 1.807) is 0 Å². The van der Waals surface area contributed by atoms with Gasteiger partial charge in [0.25, 0.3) is 0 Å². The Hall–Kier alpha value is -1.41. The summed E-state index contributed by atoms with van der Waals surface area (Å²) in [6.45, 7) is 3.48. The summed E-state index contributed by atoms with van der Waals surface area (Å²) < 4.78 is 11.1. The molecule has 11 heteroatoms. The molecule has 8 N–H and O–H groups in total. The Kier molecular flexibility index (Phi) is 51.8. The van der Waals surface area contributed by atoms with Gasteiger partial charge in [-0.05, 0) is 44.9 Å². The lowest BCUT2D eigenvalue weighted by Crippen LogP contribution is -2.60. The zero-order valence-electron chi connectivity index (χ0n) is 49.5. The number of ether oxygens (including phenoxy) is 2. The van der Waals surface area contributed by atoms with Crippen LogP contribution in [0.1, 0.15) is 316 Å². The number of carbonyl (C=O) groups is 1. The normalized spacial score (nSPS) is 19.7. The van der Waals surface area contributed by atoms with Crippen LogP contribution in [-0.2, 0) is 14.3 Å². The van der Waals surface area contributed by atoms with E-state index in [-0.39, 0.29) is 6.42 Å². The number of aliphatic hydroxyl groups excluding tert-OH is 7. The van der Waals surface area contributed by atoms with Gasteiger partial charge in [0.05, 0.1) is 25.4 Å². The fourth-order valence-corrected chi connectivity index (χ4v) is 10.7. The predicted molar refractivity (Wildman–Crippen MR) is 316 cm³/mol. The number of rotatable bonds is 57. The fraction of sp³-hybridized carbons (Fsp3) is 0.923. The van der Waals surface area contributed by atoms with Crippen LogP contribution in [0, 0.1) is 0 Å². The highest BCUT2D eigenvalue weighted by molar-refractivity contribution is 5.80. The van der Waals surface area contributed by atoms with Crippen LogP contribution in [0.4, 0.5) is 0 Å². The van der Waals surface area contributed by atoms with E-state index in [9.17, 15) is 40.5 Å². The first-order valence-electron chi connectivity index (χ1n) is 32.7. The van der Waals surface area contributed by atoms with Gasteiger partial charge in [-0.2, -0.15) is 0 Å². The number of unbranched alkanes of at least 4 members (excludes halogenated alkanes) is 41. The summed E-state index contributed by atoms with van der Waals surface area (Å²) in [5.74, 6) is -0.693. The van der Waals surface area contributed by atoms with Crippen molar-refractivity contribution in [2.75, 3.05) is 13.2 Å².